The van der Waals surface area contributed by atoms with Crippen molar-refractivity contribution in [3.8, 4) is 18.2 Å². The molecule has 9 nitrogen and oxygen atoms in total. The molecule has 0 unspecified atom stereocenters. The monoisotopic (exact) mass is 549 g/mol. The third-order valence-corrected chi connectivity index (χ3v) is 7.99. The SMILES string of the molecule is C#CCOc1cnc2c(Nc3ccc(F)c([C@@]4(CF)N=C(N)S[C@@]5(C=CC(=O)N(C)C)C[C@H]54)c3)nccc2n1. The molecule has 3 N–H and O–H groups in total. The second-order valence-corrected chi connectivity index (χ2v) is 10.8. The number of carbonyl (C=O) groups is 1. The molecular formula is C27H25F2N7O2S. The molecule has 12 heteroatoms. The third-order valence-electron chi connectivity index (χ3n) is 6.72. The van der Waals surface area contributed by atoms with E-state index in [1.807, 2.05) is 0 Å². The first kappa shape index (κ1) is 26.4. The van der Waals surface area contributed by atoms with E-state index < -0.39 is 28.7 Å². The highest BCUT2D eigenvalue weighted by atomic mass is 32.2. The van der Waals surface area contributed by atoms with Crippen LogP contribution >= 0.6 is 11.8 Å². The lowest BCUT2D eigenvalue weighted by atomic mass is 9.84. The van der Waals surface area contributed by atoms with Crippen molar-refractivity contribution in [3.05, 3.63) is 60.2 Å². The van der Waals surface area contributed by atoms with E-state index in [0.717, 1.165) is 0 Å². The molecule has 0 bridgehead atoms. The molecule has 2 aliphatic rings. The fourth-order valence-corrected chi connectivity index (χ4v) is 6.06. The van der Waals surface area contributed by atoms with E-state index in [2.05, 4.69) is 31.2 Å². The number of ether oxygens (including phenoxy) is 1. The fraction of sp³-hybridized carbons (Fsp3) is 0.296. The molecule has 1 aliphatic heterocycles. The zero-order chi connectivity index (χ0) is 27.8. The number of fused-ring (bicyclic) bond motifs is 2. The molecule has 2 aromatic heterocycles. The van der Waals surface area contributed by atoms with Crippen molar-refractivity contribution in [2.45, 2.75) is 16.7 Å². The maximum atomic E-state index is 15.3. The van der Waals surface area contributed by atoms with Crippen LogP contribution in [0.4, 0.5) is 20.3 Å². The highest BCUT2D eigenvalue weighted by Gasteiger charge is 2.67. The Hall–Kier alpha value is -4.24. The normalized spacial score (nSPS) is 23.6. The number of hydrogen-bond acceptors (Lipinski definition) is 9. The van der Waals surface area contributed by atoms with Crippen molar-refractivity contribution < 1.29 is 18.3 Å². The largest absolute Gasteiger partial charge is 0.463 e. The number of terminal acetylenes is 1. The summed E-state index contributed by atoms with van der Waals surface area (Å²) in [6.07, 6.45) is 11.9. The Morgan fingerprint density at radius 1 is 1.38 bits per heavy atom. The number of pyridine rings is 1. The number of rotatable bonds is 8. The van der Waals surface area contributed by atoms with E-state index in [1.54, 1.807) is 32.4 Å². The maximum Gasteiger partial charge on any atom is 0.245 e. The van der Waals surface area contributed by atoms with Crippen molar-refractivity contribution in [2.24, 2.45) is 16.6 Å². The molecule has 200 valence electrons. The lowest BCUT2D eigenvalue weighted by molar-refractivity contribution is -0.123. The number of nitrogens with two attached hydrogens (primary N) is 1. The van der Waals surface area contributed by atoms with Crippen molar-refractivity contribution in [1.29, 1.82) is 0 Å². The van der Waals surface area contributed by atoms with Crippen molar-refractivity contribution in [3.63, 3.8) is 0 Å². The molecule has 0 saturated heterocycles. The highest BCUT2D eigenvalue weighted by Crippen LogP contribution is 2.67. The van der Waals surface area contributed by atoms with Crippen LogP contribution < -0.4 is 15.8 Å². The summed E-state index contributed by atoms with van der Waals surface area (Å²) in [5.41, 5.74) is 6.07. The number of anilines is 2. The number of hydrogen-bond donors (Lipinski definition) is 2. The number of halogens is 2. The van der Waals surface area contributed by atoms with E-state index >= 15 is 4.39 Å². The number of amidine groups is 1. The van der Waals surface area contributed by atoms with Gasteiger partial charge in [0.05, 0.1) is 11.7 Å². The zero-order valence-corrected chi connectivity index (χ0v) is 22.0. The number of carbonyl (C=O) groups excluding carboxylic acids is 1. The Morgan fingerprint density at radius 2 is 2.21 bits per heavy atom. The molecule has 0 radical (unpaired) electrons. The van der Waals surface area contributed by atoms with Crippen LogP contribution in [0, 0.1) is 24.1 Å². The summed E-state index contributed by atoms with van der Waals surface area (Å²) in [7, 11) is 3.28. The summed E-state index contributed by atoms with van der Waals surface area (Å²) in [4.78, 5) is 31.1. The Kier molecular flexibility index (Phi) is 6.86. The molecule has 3 aromatic rings. The van der Waals surface area contributed by atoms with Crippen LogP contribution in [-0.2, 0) is 10.3 Å². The first-order valence-corrected chi connectivity index (χ1v) is 12.8. The molecule has 3 heterocycles. The molecule has 3 atom stereocenters. The van der Waals surface area contributed by atoms with Crippen LogP contribution in [0.15, 0.2) is 53.8 Å². The van der Waals surface area contributed by atoms with E-state index in [4.69, 9.17) is 16.9 Å². The molecule has 0 spiro atoms. The molecular weight excluding hydrogens is 524 g/mol. The van der Waals surface area contributed by atoms with Gasteiger partial charge >= 0.3 is 0 Å². The van der Waals surface area contributed by atoms with E-state index in [1.165, 1.54) is 47.1 Å². The Morgan fingerprint density at radius 3 is 2.95 bits per heavy atom. The third kappa shape index (κ3) is 4.85. The van der Waals surface area contributed by atoms with E-state index in [9.17, 15) is 9.18 Å². The molecule has 1 aliphatic carbocycles. The number of aromatic nitrogens is 3. The number of nitrogens with one attached hydrogen (secondary N) is 1. The lowest BCUT2D eigenvalue weighted by Crippen LogP contribution is -2.39. The zero-order valence-electron chi connectivity index (χ0n) is 21.2. The summed E-state index contributed by atoms with van der Waals surface area (Å²) in [6, 6.07) is 5.95. The van der Waals surface area contributed by atoms with Crippen LogP contribution in [-0.4, -0.2) is 63.1 Å². The summed E-state index contributed by atoms with van der Waals surface area (Å²) in [6.45, 7) is -0.907. The quantitative estimate of drug-likeness (QED) is 0.324. The molecule has 1 aromatic carbocycles. The number of aliphatic imine (C=N–C) groups is 1. The topological polar surface area (TPSA) is 119 Å². The standard InChI is InChI=1S/C27H25F2N7O2S/c1-4-11-38-21-14-32-23-19(34-21)8-10-31-24(23)33-16-5-6-18(29)17(12-16)27(15-28)20-13-26(20,39-25(30)35-27)9-7-22(37)36(2)3/h1,5-10,12,14,20H,11,13,15H2,2-3H3,(H2,30,35)(H,31,33)/t20-,26+,27-/m1/s1. The van der Waals surface area contributed by atoms with Gasteiger partial charge in [0, 0.05) is 48.3 Å². The molecule has 1 saturated carbocycles. The lowest BCUT2D eigenvalue weighted by Gasteiger charge is -2.34. The number of alkyl halides is 1. The van der Waals surface area contributed by atoms with Crippen molar-refractivity contribution in [2.75, 3.05) is 32.7 Å². The predicted octanol–water partition coefficient (Wildman–Crippen LogP) is 3.55. The van der Waals surface area contributed by atoms with Crippen LogP contribution in [0.5, 0.6) is 5.88 Å². The smallest absolute Gasteiger partial charge is 0.245 e. The molecule has 1 amide bonds. The summed E-state index contributed by atoms with van der Waals surface area (Å²) in [5.74, 6) is 1.78. The van der Waals surface area contributed by atoms with Gasteiger partial charge in [-0.2, -0.15) is 0 Å². The van der Waals surface area contributed by atoms with E-state index in [0.29, 0.717) is 29.0 Å². The van der Waals surface area contributed by atoms with Gasteiger partial charge in [-0.05, 0) is 30.7 Å². The van der Waals surface area contributed by atoms with Gasteiger partial charge in [-0.1, -0.05) is 23.8 Å². The second-order valence-electron chi connectivity index (χ2n) is 9.44. The van der Waals surface area contributed by atoms with Crippen LogP contribution in [0.3, 0.4) is 0 Å². The fourth-order valence-electron chi connectivity index (χ4n) is 4.74. The predicted molar refractivity (Wildman–Crippen MR) is 147 cm³/mol. The average molecular weight is 550 g/mol. The Bertz CT molecular complexity index is 1560. The summed E-state index contributed by atoms with van der Waals surface area (Å²) in [5, 5.41) is 3.27. The van der Waals surface area contributed by atoms with Gasteiger partial charge in [-0.3, -0.25) is 4.79 Å². The van der Waals surface area contributed by atoms with Crippen LogP contribution in [0.1, 0.15) is 12.0 Å². The first-order chi connectivity index (χ1) is 18.7. The summed E-state index contributed by atoms with van der Waals surface area (Å²) >= 11 is 1.27. The van der Waals surface area contributed by atoms with Gasteiger partial charge in [-0.15, -0.1) is 6.42 Å². The van der Waals surface area contributed by atoms with Gasteiger partial charge in [0.15, 0.2) is 17.6 Å². The van der Waals surface area contributed by atoms with Crippen LogP contribution in [0.25, 0.3) is 11.0 Å². The first-order valence-electron chi connectivity index (χ1n) is 12.0. The minimum absolute atomic E-state index is 0.0561. The molecule has 5 rings (SSSR count). The van der Waals surface area contributed by atoms with Gasteiger partial charge in [-0.25, -0.2) is 28.7 Å². The second kappa shape index (κ2) is 10.1. The van der Waals surface area contributed by atoms with Crippen LogP contribution in [0.2, 0.25) is 0 Å². The van der Waals surface area contributed by atoms with Crippen molar-refractivity contribution >= 4 is 45.4 Å². The number of amides is 1. The maximum absolute atomic E-state index is 15.3. The minimum atomic E-state index is -1.54. The molecule has 39 heavy (non-hydrogen) atoms. The van der Waals surface area contributed by atoms with Gasteiger partial charge in [0.1, 0.15) is 23.5 Å². The Labute approximate surface area is 228 Å². The molecule has 1 fully saturated rings. The number of likely N-dealkylation sites (N-methyl/N-ethyl adjacent to an activating group) is 1. The van der Waals surface area contributed by atoms with Crippen molar-refractivity contribution in [1.82, 2.24) is 19.9 Å². The van der Waals surface area contributed by atoms with Gasteiger partial charge < -0.3 is 20.7 Å². The van der Waals surface area contributed by atoms with E-state index in [-0.39, 0.29) is 29.1 Å². The van der Waals surface area contributed by atoms with Gasteiger partial charge in [0.2, 0.25) is 11.8 Å². The number of nitrogens with zero attached hydrogens (tertiary/aromatic N) is 5. The minimum Gasteiger partial charge on any atom is -0.463 e. The average Bonchev–Trinajstić information content (AvgIpc) is 3.66. The number of thioether (sulfide) groups is 1. The van der Waals surface area contributed by atoms with Gasteiger partial charge in [0.25, 0.3) is 0 Å². The summed E-state index contributed by atoms with van der Waals surface area (Å²) < 4.78 is 34.9. The highest BCUT2D eigenvalue weighted by molar-refractivity contribution is 8.15. The Balaban J connectivity index is 1.49. The number of benzene rings is 1.